The zero-order chi connectivity index (χ0) is 40.1. The Kier molecular flexibility index (Phi) is 35.0. The number of Topliss-reactive ketones (excluding diaryl/α,β-unsaturated/α-hetero) is 2. The van der Waals surface area contributed by atoms with Crippen LogP contribution >= 0.6 is 11.6 Å². The molecule has 3 unspecified atom stereocenters. The Balaban J connectivity index is -0.000000138. The maximum atomic E-state index is 11.4. The van der Waals surface area contributed by atoms with Gasteiger partial charge in [-0.15, -0.1) is 0 Å². The molecule has 0 saturated heterocycles. The van der Waals surface area contributed by atoms with Crippen molar-refractivity contribution in [3.8, 4) is 0 Å². The summed E-state index contributed by atoms with van der Waals surface area (Å²) in [6, 6.07) is -3.14. The van der Waals surface area contributed by atoms with E-state index < -0.39 is 41.8 Å². The molecule has 308 valence electrons. The number of amides is 4. The summed E-state index contributed by atoms with van der Waals surface area (Å²) in [6.07, 6.45) is -0.770. The van der Waals surface area contributed by atoms with Gasteiger partial charge in [0.2, 0.25) is 5.24 Å². The van der Waals surface area contributed by atoms with Gasteiger partial charge in [-0.1, -0.05) is 6.92 Å². The topological polar surface area (TPSA) is 224 Å². The normalized spacial score (nSPS) is 14.3. The van der Waals surface area contributed by atoms with Crippen LogP contribution in [0.3, 0.4) is 0 Å². The van der Waals surface area contributed by atoms with Crippen LogP contribution in [0.4, 0.5) is 9.59 Å². The number of urea groups is 2. The van der Waals surface area contributed by atoms with Gasteiger partial charge in [-0.25, -0.2) is 14.4 Å². The van der Waals surface area contributed by atoms with Crippen LogP contribution in [0.5, 0.6) is 0 Å². The number of hydrogen-bond acceptors (Lipinski definition) is 10. The van der Waals surface area contributed by atoms with Crippen LogP contribution in [0, 0.1) is 7.43 Å². The van der Waals surface area contributed by atoms with Crippen LogP contribution in [-0.2, 0) is 53.8 Å². The van der Waals surface area contributed by atoms with Gasteiger partial charge < -0.3 is 53.7 Å². The van der Waals surface area contributed by atoms with E-state index in [-0.39, 0.29) is 74.1 Å². The van der Waals surface area contributed by atoms with E-state index in [1.165, 1.54) is 27.9 Å². The van der Waals surface area contributed by atoms with Crippen LogP contribution in [0.1, 0.15) is 110 Å². The molecule has 4 amide bonds. The van der Waals surface area contributed by atoms with E-state index in [0.717, 1.165) is 0 Å². The van der Waals surface area contributed by atoms with Crippen molar-refractivity contribution in [3.05, 3.63) is 7.43 Å². The molecular weight excluding hydrogens is 780 g/mol. The average Bonchev–Trinajstić information content (AvgIpc) is 2.91. The molecule has 17 heteroatoms. The van der Waals surface area contributed by atoms with E-state index in [0.29, 0.717) is 6.42 Å². The van der Waals surface area contributed by atoms with Crippen molar-refractivity contribution < 1.29 is 68.5 Å². The first-order valence-corrected chi connectivity index (χ1v) is 16.4. The number of ether oxygens (including phenoxy) is 3. The molecule has 0 bridgehead atoms. The Morgan fingerprint density at radius 2 is 0.941 bits per heavy atom. The molecule has 0 aliphatic heterocycles. The SMILES string of the molecule is CC(=O)[C@@H](N)C(C)OC(C)(C)C.CCC(=O)Cl.CNC(=O)N[C@H](C(=O)O)C(C)OC(C)(C)C.CNC(=O)N[C@H](C(C)=O)C(C)OC(C)(C)C.[CH3-].[Pd]. The summed E-state index contributed by atoms with van der Waals surface area (Å²) >= 11 is 4.82. The zero-order valence-corrected chi connectivity index (χ0v) is 36.4. The van der Waals surface area contributed by atoms with Gasteiger partial charge in [-0.2, -0.15) is 0 Å². The number of nitrogens with two attached hydrogens (primary N) is 1. The molecular formula is C34H69ClN5O10Pd-. The fourth-order valence-corrected chi connectivity index (χ4v) is 3.57. The second-order valence-corrected chi connectivity index (χ2v) is 14.4. The summed E-state index contributed by atoms with van der Waals surface area (Å²) in [4.78, 5) is 65.0. The van der Waals surface area contributed by atoms with Gasteiger partial charge in [0, 0.05) is 40.9 Å². The fourth-order valence-electron chi connectivity index (χ4n) is 3.57. The van der Waals surface area contributed by atoms with Crippen molar-refractivity contribution in [3.63, 3.8) is 0 Å². The molecule has 7 N–H and O–H groups in total. The molecule has 0 aromatic carbocycles. The predicted octanol–water partition coefficient (Wildman–Crippen LogP) is 4.36. The molecule has 0 rings (SSSR count). The second-order valence-electron chi connectivity index (χ2n) is 14.0. The van der Waals surface area contributed by atoms with Gasteiger partial charge in [0.15, 0.2) is 11.8 Å². The maximum absolute atomic E-state index is 11.4. The molecule has 0 fully saturated rings. The Labute approximate surface area is 326 Å². The predicted molar refractivity (Wildman–Crippen MR) is 198 cm³/mol. The molecule has 6 atom stereocenters. The number of carboxylic acid groups (broad SMARTS) is 1. The minimum atomic E-state index is -1.12. The first kappa shape index (κ1) is 60.9. The summed E-state index contributed by atoms with van der Waals surface area (Å²) < 4.78 is 16.6. The zero-order valence-electron chi connectivity index (χ0n) is 34.1. The third-order valence-corrected chi connectivity index (χ3v) is 5.81. The minimum absolute atomic E-state index is 0. The molecule has 0 aromatic heterocycles. The third kappa shape index (κ3) is 38.9. The Morgan fingerprint density at radius 1 is 0.667 bits per heavy atom. The summed E-state index contributed by atoms with van der Waals surface area (Å²) in [6.45, 7) is 26.8. The molecule has 0 radical (unpaired) electrons. The molecule has 51 heavy (non-hydrogen) atoms. The number of carbonyl (C=O) groups is 6. The fraction of sp³-hybridized carbons (Fsp3) is 0.794. The standard InChI is InChI=1S/C11H22N2O3.C10H20N2O4.C9H19NO2.C3H5ClO.CH3.Pd/c1-7(14)9(13-10(15)12-6)8(2)16-11(3,4)5;1-6(16-10(2,3)4)7(8(13)14)12-9(15)11-5;1-6(11)8(10)7(2)12-9(3,4)5;1-2-3(4)5;;/h8-9H,1-6H3,(H2,12,13,15);6-7H,1-5H3,(H,13,14)(H2,11,12,15);7-8H,10H2,1-5H3;2H2,1H3;1H3;/q;;;;-1;/t8?,9-;6?,7-;7?,8-;;;/m101.../s1. The number of nitrogens with one attached hydrogen (secondary N) is 4. The molecule has 0 aliphatic carbocycles. The first-order valence-electron chi connectivity index (χ1n) is 16.0. The Morgan fingerprint density at radius 3 is 1.16 bits per heavy atom. The molecule has 0 heterocycles. The van der Waals surface area contributed by atoms with Gasteiger partial charge in [0.25, 0.3) is 0 Å². The van der Waals surface area contributed by atoms with Crippen LogP contribution in [0.25, 0.3) is 0 Å². The van der Waals surface area contributed by atoms with Crippen molar-refractivity contribution in [1.82, 2.24) is 21.3 Å². The average molecular weight is 850 g/mol. The van der Waals surface area contributed by atoms with Crippen LogP contribution < -0.4 is 27.0 Å². The summed E-state index contributed by atoms with van der Waals surface area (Å²) in [5.41, 5.74) is 4.54. The maximum Gasteiger partial charge on any atom is 0.328 e. The number of hydrogen-bond donors (Lipinski definition) is 6. The van der Waals surface area contributed by atoms with E-state index in [1.54, 1.807) is 20.8 Å². The molecule has 0 aliphatic rings. The van der Waals surface area contributed by atoms with E-state index in [9.17, 15) is 28.8 Å². The molecule has 0 saturated carbocycles. The van der Waals surface area contributed by atoms with E-state index in [4.69, 9.17) is 36.7 Å². The Hall–Kier alpha value is -2.19. The van der Waals surface area contributed by atoms with Crippen LogP contribution in [0.15, 0.2) is 0 Å². The number of carbonyl (C=O) groups excluding carboxylic acids is 5. The molecule has 0 spiro atoms. The van der Waals surface area contributed by atoms with Crippen LogP contribution in [-0.4, -0.2) is 107 Å². The number of ketones is 2. The minimum Gasteiger partial charge on any atom is -0.480 e. The van der Waals surface area contributed by atoms with Gasteiger partial charge in [-0.05, 0) is 109 Å². The number of halogens is 1. The second kappa shape index (κ2) is 29.3. The van der Waals surface area contributed by atoms with E-state index >= 15 is 0 Å². The van der Waals surface area contributed by atoms with Gasteiger partial charge in [0.05, 0.1) is 41.2 Å². The van der Waals surface area contributed by atoms with Crippen molar-refractivity contribution in [2.24, 2.45) is 5.73 Å². The van der Waals surface area contributed by atoms with Gasteiger partial charge >= 0.3 is 18.0 Å². The van der Waals surface area contributed by atoms with Crippen molar-refractivity contribution >= 4 is 46.4 Å². The quantitative estimate of drug-likeness (QED) is 0.0920. The molecule has 0 aromatic rings. The summed E-state index contributed by atoms with van der Waals surface area (Å²) in [5, 5.41) is 18.3. The van der Waals surface area contributed by atoms with Crippen LogP contribution in [0.2, 0.25) is 0 Å². The van der Waals surface area contributed by atoms with E-state index in [2.05, 4.69) is 21.3 Å². The first-order chi connectivity index (χ1) is 21.8. The van der Waals surface area contributed by atoms with E-state index in [1.807, 2.05) is 69.2 Å². The van der Waals surface area contributed by atoms with Crippen molar-refractivity contribution in [2.75, 3.05) is 14.1 Å². The third-order valence-electron chi connectivity index (χ3n) is 5.54. The van der Waals surface area contributed by atoms with Gasteiger partial charge in [-0.3, -0.25) is 14.4 Å². The van der Waals surface area contributed by atoms with Crippen molar-refractivity contribution in [1.29, 1.82) is 0 Å². The smallest absolute Gasteiger partial charge is 0.328 e. The largest absolute Gasteiger partial charge is 0.480 e. The van der Waals surface area contributed by atoms with Gasteiger partial charge in [0.1, 0.15) is 11.8 Å². The van der Waals surface area contributed by atoms with Crippen molar-refractivity contribution in [2.45, 2.75) is 164 Å². The number of aliphatic carboxylic acids is 1. The Bertz CT molecular complexity index is 976. The summed E-state index contributed by atoms with van der Waals surface area (Å²) in [7, 11) is 2.92. The number of rotatable bonds is 12. The summed E-state index contributed by atoms with van der Waals surface area (Å²) in [5.74, 6) is -1.28. The number of carboxylic acids is 1. The monoisotopic (exact) mass is 848 g/mol. The molecule has 15 nitrogen and oxygen atoms in total.